The minimum Gasteiger partial charge on any atom is -0.456 e. The number of nitrogens with zero attached hydrogens (tertiary/aromatic N) is 1. The Morgan fingerprint density at radius 1 is 0.292 bits per heavy atom. The molecule has 0 N–H and O–H groups in total. The second-order valence-electron chi connectivity index (χ2n) is 17.2. The molecule has 0 aliphatic heterocycles. The summed E-state index contributed by atoms with van der Waals surface area (Å²) in [6, 6.07) is 91.0. The molecule has 65 heavy (non-hydrogen) atoms. The second-order valence-corrected chi connectivity index (χ2v) is 17.2. The summed E-state index contributed by atoms with van der Waals surface area (Å²) in [6.45, 7) is 0. The quantitative estimate of drug-likeness (QED) is 0.159. The Labute approximate surface area is 377 Å². The van der Waals surface area contributed by atoms with Crippen LogP contribution in [0.15, 0.2) is 253 Å². The van der Waals surface area contributed by atoms with Crippen molar-refractivity contribution in [2.75, 3.05) is 4.90 Å². The molecule has 1 heterocycles. The number of hydrogen-bond acceptors (Lipinski definition) is 2. The largest absolute Gasteiger partial charge is 0.456 e. The first kappa shape index (κ1) is 37.1. The Hall–Kier alpha value is -8.46. The van der Waals surface area contributed by atoms with Gasteiger partial charge in [0.25, 0.3) is 0 Å². The van der Waals surface area contributed by atoms with Gasteiger partial charge in [-0.25, -0.2) is 0 Å². The van der Waals surface area contributed by atoms with Gasteiger partial charge in [0.05, 0.1) is 5.41 Å². The fourth-order valence-corrected chi connectivity index (χ4v) is 10.8. The predicted molar refractivity (Wildman–Crippen MR) is 272 cm³/mol. The lowest BCUT2D eigenvalue weighted by Crippen LogP contribution is -2.28. The smallest absolute Gasteiger partial charge is 0.135 e. The summed E-state index contributed by atoms with van der Waals surface area (Å²) >= 11 is 0. The van der Waals surface area contributed by atoms with E-state index in [0.717, 1.165) is 44.6 Å². The first-order valence-electron chi connectivity index (χ1n) is 22.4. The summed E-state index contributed by atoms with van der Waals surface area (Å²) in [6.07, 6.45) is 0. The van der Waals surface area contributed by atoms with Crippen LogP contribution in [0.5, 0.6) is 0 Å². The maximum atomic E-state index is 6.36. The average molecular weight is 828 g/mol. The van der Waals surface area contributed by atoms with Crippen LogP contribution in [0.2, 0.25) is 0 Å². The summed E-state index contributed by atoms with van der Waals surface area (Å²) in [7, 11) is 0. The van der Waals surface area contributed by atoms with Gasteiger partial charge in [-0.15, -0.1) is 0 Å². The molecule has 0 fully saturated rings. The van der Waals surface area contributed by atoms with Crippen molar-refractivity contribution in [2.24, 2.45) is 0 Å². The van der Waals surface area contributed by atoms with Gasteiger partial charge in [-0.1, -0.05) is 188 Å². The van der Waals surface area contributed by atoms with E-state index in [1.54, 1.807) is 0 Å². The van der Waals surface area contributed by atoms with Crippen LogP contribution in [-0.2, 0) is 5.41 Å². The van der Waals surface area contributed by atoms with Crippen LogP contribution >= 0.6 is 0 Å². The molecule has 13 rings (SSSR count). The second kappa shape index (κ2) is 14.8. The van der Waals surface area contributed by atoms with Gasteiger partial charge >= 0.3 is 0 Å². The van der Waals surface area contributed by atoms with E-state index in [9.17, 15) is 0 Å². The topological polar surface area (TPSA) is 16.4 Å². The lowest BCUT2D eigenvalue weighted by Gasteiger charge is -2.35. The molecule has 0 amide bonds. The molecule has 0 saturated carbocycles. The molecular weight excluding hydrogens is 787 g/mol. The molecule has 12 aromatic rings. The Kier molecular flexibility index (Phi) is 8.47. The van der Waals surface area contributed by atoms with Gasteiger partial charge in [0, 0.05) is 27.8 Å². The van der Waals surface area contributed by atoms with Crippen molar-refractivity contribution in [3.63, 3.8) is 0 Å². The number of benzene rings is 11. The van der Waals surface area contributed by atoms with Crippen molar-refractivity contribution in [2.45, 2.75) is 5.41 Å². The van der Waals surface area contributed by atoms with E-state index in [-0.39, 0.29) is 0 Å². The number of anilines is 3. The Bertz CT molecular complexity index is 3730. The summed E-state index contributed by atoms with van der Waals surface area (Å²) in [5.74, 6) is 0. The average Bonchev–Trinajstić information content (AvgIpc) is 3.90. The van der Waals surface area contributed by atoms with Gasteiger partial charge in [0.1, 0.15) is 11.2 Å². The third-order valence-corrected chi connectivity index (χ3v) is 13.7. The molecule has 0 unspecified atom stereocenters. The third kappa shape index (κ3) is 5.81. The van der Waals surface area contributed by atoms with E-state index >= 15 is 0 Å². The number of rotatable bonds is 7. The zero-order valence-corrected chi connectivity index (χ0v) is 35.5. The molecule has 0 saturated heterocycles. The number of hydrogen-bond donors (Lipinski definition) is 0. The summed E-state index contributed by atoms with van der Waals surface area (Å²) in [4.78, 5) is 2.41. The van der Waals surface area contributed by atoms with Crippen molar-refractivity contribution in [1.29, 1.82) is 0 Å². The molecule has 2 heteroatoms. The summed E-state index contributed by atoms with van der Waals surface area (Å²) in [5, 5.41) is 7.16. The minimum absolute atomic E-state index is 0.525. The SMILES string of the molecule is c1ccc(C2(c3ccccc3)c3ccccc3-c3ccc(N(c4ccc(-c5cc(-c6cccc7ccccc67)c6ccccc6c5)cc4)c4ccc5oc6ccccc6c5c4)cc32)cc1. The Balaban J connectivity index is 1.01. The van der Waals surface area contributed by atoms with Crippen molar-refractivity contribution in [3.8, 4) is 33.4 Å². The highest BCUT2D eigenvalue weighted by Gasteiger charge is 2.46. The maximum Gasteiger partial charge on any atom is 0.135 e. The lowest BCUT2D eigenvalue weighted by atomic mass is 9.67. The van der Waals surface area contributed by atoms with E-state index in [4.69, 9.17) is 4.42 Å². The molecule has 0 bridgehead atoms. The zero-order chi connectivity index (χ0) is 42.9. The first-order valence-corrected chi connectivity index (χ1v) is 22.4. The van der Waals surface area contributed by atoms with Crippen LogP contribution in [0.3, 0.4) is 0 Å². The highest BCUT2D eigenvalue weighted by molar-refractivity contribution is 6.08. The van der Waals surface area contributed by atoms with Crippen molar-refractivity contribution in [3.05, 3.63) is 271 Å². The molecular formula is C63H41NO. The molecule has 1 aliphatic carbocycles. The molecule has 1 aliphatic rings. The van der Waals surface area contributed by atoms with E-state index in [0.29, 0.717) is 0 Å². The van der Waals surface area contributed by atoms with Gasteiger partial charge < -0.3 is 9.32 Å². The fraction of sp³-hybridized carbons (Fsp3) is 0.0159. The first-order chi connectivity index (χ1) is 32.2. The minimum atomic E-state index is -0.525. The van der Waals surface area contributed by atoms with Crippen LogP contribution in [0.25, 0.3) is 76.9 Å². The molecule has 304 valence electrons. The van der Waals surface area contributed by atoms with Gasteiger partial charge in [-0.3, -0.25) is 0 Å². The highest BCUT2D eigenvalue weighted by atomic mass is 16.3. The normalized spacial score (nSPS) is 12.7. The van der Waals surface area contributed by atoms with Crippen molar-refractivity contribution < 1.29 is 4.42 Å². The van der Waals surface area contributed by atoms with Crippen molar-refractivity contribution >= 4 is 60.5 Å². The maximum absolute atomic E-state index is 6.36. The van der Waals surface area contributed by atoms with E-state index in [1.165, 1.54) is 71.6 Å². The fourth-order valence-electron chi connectivity index (χ4n) is 10.8. The third-order valence-electron chi connectivity index (χ3n) is 13.7. The van der Waals surface area contributed by atoms with E-state index < -0.39 is 5.41 Å². The lowest BCUT2D eigenvalue weighted by molar-refractivity contribution is 0.669. The Morgan fingerprint density at radius 2 is 0.846 bits per heavy atom. The van der Waals surface area contributed by atoms with Crippen LogP contribution in [0, 0.1) is 0 Å². The number of para-hydroxylation sites is 1. The zero-order valence-electron chi connectivity index (χ0n) is 35.5. The van der Waals surface area contributed by atoms with Gasteiger partial charge in [0.15, 0.2) is 0 Å². The number of fused-ring (bicyclic) bond motifs is 8. The van der Waals surface area contributed by atoms with Crippen LogP contribution < -0.4 is 4.90 Å². The molecule has 0 spiro atoms. The molecule has 0 atom stereocenters. The van der Waals surface area contributed by atoms with Crippen molar-refractivity contribution in [1.82, 2.24) is 0 Å². The monoisotopic (exact) mass is 827 g/mol. The Morgan fingerprint density at radius 3 is 1.63 bits per heavy atom. The molecule has 0 radical (unpaired) electrons. The van der Waals surface area contributed by atoms with Gasteiger partial charge in [-0.2, -0.15) is 0 Å². The van der Waals surface area contributed by atoms with E-state index in [2.05, 4.69) is 248 Å². The van der Waals surface area contributed by atoms with Crippen LogP contribution in [-0.4, -0.2) is 0 Å². The number of furan rings is 1. The predicted octanol–water partition coefficient (Wildman–Crippen LogP) is 17.1. The van der Waals surface area contributed by atoms with Crippen LogP contribution in [0.1, 0.15) is 22.3 Å². The standard InChI is InChI=1S/C63H41NO/c1-3-19-46(20-4-1)63(47-21-5-2-6-22-47)59-28-13-11-25-54(59)55-36-34-50(41-60(55)63)64(49-35-37-62-58(40-49)56-26-12-14-29-61(56)65-62)48-32-30-42(31-33-48)45-38-44-17-8-10-24-52(44)57(39-45)53-27-15-18-43-16-7-9-23-51(43)53/h1-41H. The molecule has 11 aromatic carbocycles. The van der Waals surface area contributed by atoms with Gasteiger partial charge in [0.2, 0.25) is 0 Å². The van der Waals surface area contributed by atoms with E-state index in [1.807, 2.05) is 6.07 Å². The molecule has 2 nitrogen and oxygen atoms in total. The molecule has 1 aromatic heterocycles. The van der Waals surface area contributed by atoms with Crippen LogP contribution in [0.4, 0.5) is 17.1 Å². The van der Waals surface area contributed by atoms with Gasteiger partial charge in [-0.05, 0) is 138 Å². The highest BCUT2D eigenvalue weighted by Crippen LogP contribution is 2.57. The summed E-state index contributed by atoms with van der Waals surface area (Å²) in [5.41, 5.74) is 16.8. The summed E-state index contributed by atoms with van der Waals surface area (Å²) < 4.78 is 6.36.